The third kappa shape index (κ3) is 4.56. The van der Waals surface area contributed by atoms with E-state index in [0.717, 1.165) is 12.2 Å². The van der Waals surface area contributed by atoms with Gasteiger partial charge in [0, 0.05) is 13.7 Å². The standard InChI is InChI=1S/C14H23N3O4/c1-5-12-10(6-15-17(12)7-9(2)3)13(18)16-11(8-21-4)14(19)20/h6,9,11H,5,7-8H2,1-4H3,(H,16,18)(H,19,20). The van der Waals surface area contributed by atoms with E-state index in [4.69, 9.17) is 9.84 Å². The van der Waals surface area contributed by atoms with Gasteiger partial charge >= 0.3 is 5.97 Å². The first-order valence-electron chi connectivity index (χ1n) is 6.97. The molecular weight excluding hydrogens is 274 g/mol. The molecule has 0 bridgehead atoms. The van der Waals surface area contributed by atoms with E-state index in [1.807, 2.05) is 6.92 Å². The molecule has 0 aliphatic heterocycles. The minimum absolute atomic E-state index is 0.0807. The smallest absolute Gasteiger partial charge is 0.328 e. The fraction of sp³-hybridized carbons (Fsp3) is 0.643. The van der Waals surface area contributed by atoms with Crippen LogP contribution in [-0.2, 0) is 22.5 Å². The van der Waals surface area contributed by atoms with E-state index in [-0.39, 0.29) is 6.61 Å². The zero-order chi connectivity index (χ0) is 16.0. The molecule has 1 amide bonds. The van der Waals surface area contributed by atoms with Crippen molar-refractivity contribution in [3.8, 4) is 0 Å². The quantitative estimate of drug-likeness (QED) is 0.744. The Morgan fingerprint density at radius 2 is 2.14 bits per heavy atom. The first-order valence-corrected chi connectivity index (χ1v) is 6.97. The summed E-state index contributed by atoms with van der Waals surface area (Å²) < 4.78 is 6.60. The molecule has 1 unspecified atom stereocenters. The number of nitrogens with one attached hydrogen (secondary N) is 1. The van der Waals surface area contributed by atoms with Gasteiger partial charge in [-0.1, -0.05) is 20.8 Å². The van der Waals surface area contributed by atoms with Crippen LogP contribution in [0, 0.1) is 5.92 Å². The fourth-order valence-electron chi connectivity index (χ4n) is 2.05. The molecule has 21 heavy (non-hydrogen) atoms. The van der Waals surface area contributed by atoms with Gasteiger partial charge in [-0.3, -0.25) is 9.48 Å². The molecule has 1 heterocycles. The third-order valence-corrected chi connectivity index (χ3v) is 3.00. The number of carboxylic acid groups (broad SMARTS) is 1. The van der Waals surface area contributed by atoms with Gasteiger partial charge in [-0.15, -0.1) is 0 Å². The van der Waals surface area contributed by atoms with Gasteiger partial charge in [0.2, 0.25) is 0 Å². The van der Waals surface area contributed by atoms with Gasteiger partial charge in [-0.05, 0) is 12.3 Å². The van der Waals surface area contributed by atoms with Crippen molar-refractivity contribution in [3.63, 3.8) is 0 Å². The number of ether oxygens (including phenoxy) is 1. The summed E-state index contributed by atoms with van der Waals surface area (Å²) in [6, 6.07) is -1.07. The van der Waals surface area contributed by atoms with E-state index in [1.54, 1.807) is 4.68 Å². The molecule has 1 aromatic heterocycles. The van der Waals surface area contributed by atoms with Gasteiger partial charge in [-0.2, -0.15) is 5.10 Å². The van der Waals surface area contributed by atoms with Crippen LogP contribution in [0.3, 0.4) is 0 Å². The van der Waals surface area contributed by atoms with Crippen molar-refractivity contribution in [2.45, 2.75) is 39.8 Å². The van der Waals surface area contributed by atoms with E-state index in [1.165, 1.54) is 13.3 Å². The number of hydrogen-bond donors (Lipinski definition) is 2. The molecule has 0 aromatic carbocycles. The average Bonchev–Trinajstić information content (AvgIpc) is 2.79. The summed E-state index contributed by atoms with van der Waals surface area (Å²) in [6.45, 7) is 6.72. The number of aromatic nitrogens is 2. The Hall–Kier alpha value is -1.89. The minimum Gasteiger partial charge on any atom is -0.480 e. The number of carbonyl (C=O) groups excluding carboxylic acids is 1. The fourth-order valence-corrected chi connectivity index (χ4v) is 2.05. The Morgan fingerprint density at radius 3 is 2.62 bits per heavy atom. The van der Waals surface area contributed by atoms with Crippen molar-refractivity contribution in [1.82, 2.24) is 15.1 Å². The summed E-state index contributed by atoms with van der Waals surface area (Å²) in [5, 5.41) is 15.7. The van der Waals surface area contributed by atoms with Crippen LogP contribution < -0.4 is 5.32 Å². The van der Waals surface area contributed by atoms with Gasteiger partial charge in [-0.25, -0.2) is 4.79 Å². The van der Waals surface area contributed by atoms with E-state index in [2.05, 4.69) is 24.3 Å². The number of nitrogens with zero attached hydrogens (tertiary/aromatic N) is 2. The summed E-state index contributed by atoms with van der Waals surface area (Å²) in [6.07, 6.45) is 2.14. The largest absolute Gasteiger partial charge is 0.480 e. The highest BCUT2D eigenvalue weighted by Crippen LogP contribution is 2.12. The van der Waals surface area contributed by atoms with Crippen LogP contribution in [0.2, 0.25) is 0 Å². The average molecular weight is 297 g/mol. The predicted molar refractivity (Wildman–Crippen MR) is 77.2 cm³/mol. The Kier molecular flexibility index (Phi) is 6.36. The highest BCUT2D eigenvalue weighted by atomic mass is 16.5. The maximum absolute atomic E-state index is 12.2. The van der Waals surface area contributed by atoms with Gasteiger partial charge in [0.15, 0.2) is 6.04 Å². The molecule has 7 heteroatoms. The molecule has 2 N–H and O–H groups in total. The highest BCUT2D eigenvalue weighted by Gasteiger charge is 2.23. The first kappa shape index (κ1) is 17.2. The van der Waals surface area contributed by atoms with Crippen molar-refractivity contribution in [1.29, 1.82) is 0 Å². The van der Waals surface area contributed by atoms with Crippen LogP contribution in [-0.4, -0.2) is 46.5 Å². The highest BCUT2D eigenvalue weighted by molar-refractivity contribution is 5.97. The summed E-state index contributed by atoms with van der Waals surface area (Å²) >= 11 is 0. The van der Waals surface area contributed by atoms with Crippen LogP contribution in [0.5, 0.6) is 0 Å². The van der Waals surface area contributed by atoms with Gasteiger partial charge in [0.05, 0.1) is 24.1 Å². The molecule has 118 valence electrons. The molecule has 0 saturated heterocycles. The zero-order valence-electron chi connectivity index (χ0n) is 12.9. The maximum atomic E-state index is 12.2. The number of amides is 1. The molecule has 1 aromatic rings. The zero-order valence-corrected chi connectivity index (χ0v) is 12.9. The Balaban J connectivity index is 2.91. The lowest BCUT2D eigenvalue weighted by molar-refractivity contribution is -0.140. The summed E-state index contributed by atoms with van der Waals surface area (Å²) in [5.74, 6) is -1.16. The molecule has 0 saturated carbocycles. The molecule has 0 radical (unpaired) electrons. The number of carbonyl (C=O) groups is 2. The lowest BCUT2D eigenvalue weighted by Gasteiger charge is -2.14. The Bertz CT molecular complexity index is 496. The van der Waals surface area contributed by atoms with Crippen molar-refractivity contribution < 1.29 is 19.4 Å². The van der Waals surface area contributed by atoms with E-state index >= 15 is 0 Å². The molecule has 1 rings (SSSR count). The molecule has 0 spiro atoms. The summed E-state index contributed by atoms with van der Waals surface area (Å²) in [5.41, 5.74) is 1.23. The van der Waals surface area contributed by atoms with Crippen LogP contribution >= 0.6 is 0 Å². The first-order chi connectivity index (χ1) is 9.90. The maximum Gasteiger partial charge on any atom is 0.328 e. The van der Waals surface area contributed by atoms with Crippen molar-refractivity contribution >= 4 is 11.9 Å². The van der Waals surface area contributed by atoms with E-state index < -0.39 is 17.9 Å². The Morgan fingerprint density at radius 1 is 1.48 bits per heavy atom. The van der Waals surface area contributed by atoms with Crippen molar-refractivity contribution in [3.05, 3.63) is 17.5 Å². The lowest BCUT2D eigenvalue weighted by Crippen LogP contribution is -2.44. The van der Waals surface area contributed by atoms with Crippen LogP contribution in [0.1, 0.15) is 36.8 Å². The molecule has 7 nitrogen and oxygen atoms in total. The monoisotopic (exact) mass is 297 g/mol. The topological polar surface area (TPSA) is 93.4 Å². The number of rotatable bonds is 8. The third-order valence-electron chi connectivity index (χ3n) is 3.00. The van der Waals surface area contributed by atoms with Gasteiger partial charge in [0.1, 0.15) is 0 Å². The molecular formula is C14H23N3O4. The van der Waals surface area contributed by atoms with E-state index in [9.17, 15) is 9.59 Å². The second kappa shape index (κ2) is 7.78. The second-order valence-electron chi connectivity index (χ2n) is 5.25. The minimum atomic E-state index is -1.13. The predicted octanol–water partition coefficient (Wildman–Crippen LogP) is 0.931. The summed E-state index contributed by atoms with van der Waals surface area (Å²) in [4.78, 5) is 23.3. The van der Waals surface area contributed by atoms with E-state index in [0.29, 0.717) is 17.9 Å². The number of methoxy groups -OCH3 is 1. The van der Waals surface area contributed by atoms with Crippen LogP contribution in [0.25, 0.3) is 0 Å². The van der Waals surface area contributed by atoms with Gasteiger partial charge < -0.3 is 15.2 Å². The van der Waals surface area contributed by atoms with Crippen molar-refractivity contribution in [2.75, 3.05) is 13.7 Å². The molecule has 0 aliphatic carbocycles. The normalized spacial score (nSPS) is 12.4. The Labute approximate surface area is 124 Å². The number of aliphatic carboxylic acids is 1. The van der Waals surface area contributed by atoms with Gasteiger partial charge in [0.25, 0.3) is 5.91 Å². The molecule has 0 fully saturated rings. The number of carboxylic acids is 1. The number of hydrogen-bond acceptors (Lipinski definition) is 4. The summed E-state index contributed by atoms with van der Waals surface area (Å²) in [7, 11) is 1.39. The molecule has 0 aliphatic rings. The lowest BCUT2D eigenvalue weighted by atomic mass is 10.1. The second-order valence-corrected chi connectivity index (χ2v) is 5.25. The molecule has 1 atom stereocenters. The van der Waals surface area contributed by atoms with Crippen molar-refractivity contribution in [2.24, 2.45) is 5.92 Å². The SMILES string of the molecule is CCc1c(C(=O)NC(COC)C(=O)O)cnn1CC(C)C. The van der Waals surface area contributed by atoms with Crippen LogP contribution in [0.15, 0.2) is 6.20 Å². The van der Waals surface area contributed by atoms with Crippen LogP contribution in [0.4, 0.5) is 0 Å².